The van der Waals surface area contributed by atoms with Crippen molar-refractivity contribution in [3.05, 3.63) is 0 Å². The average molecular weight is 308 g/mol. The summed E-state index contributed by atoms with van der Waals surface area (Å²) in [5, 5.41) is 44.7. The first kappa shape index (κ1) is 13.5. The van der Waals surface area contributed by atoms with Crippen molar-refractivity contribution in [3.8, 4) is 0 Å². The maximum absolute atomic E-state index is 9.12. The van der Waals surface area contributed by atoms with Crippen LogP contribution in [-0.4, -0.2) is 62.8 Å². The lowest BCUT2D eigenvalue weighted by Crippen LogP contribution is -2.58. The van der Waals surface area contributed by atoms with Gasteiger partial charge in [-0.15, -0.1) is 24.0 Å². The summed E-state index contributed by atoms with van der Waals surface area (Å²) in [5.74, 6) is 0. The van der Waals surface area contributed by atoms with Gasteiger partial charge in [0.1, 0.15) is 24.4 Å². The van der Waals surface area contributed by atoms with Crippen LogP contribution in [0.5, 0.6) is 0 Å². The molecule has 1 fully saturated rings. The minimum absolute atomic E-state index is 0. The van der Waals surface area contributed by atoms with Crippen LogP contribution in [0.1, 0.15) is 0 Å². The van der Waals surface area contributed by atoms with Crippen molar-refractivity contribution >= 4 is 24.0 Å². The molecule has 0 saturated carbocycles. The number of ether oxygens (including phenoxy) is 1. The predicted molar refractivity (Wildman–Crippen MR) is 51.4 cm³/mol. The summed E-state index contributed by atoms with van der Waals surface area (Å²) >= 11 is 0. The normalized spacial score (nSPS) is 45.5. The van der Waals surface area contributed by atoms with Crippen LogP contribution >= 0.6 is 24.0 Å². The van der Waals surface area contributed by atoms with Gasteiger partial charge in [-0.1, -0.05) is 0 Å². The number of rotatable bonds is 1. The Morgan fingerprint density at radius 3 is 1.92 bits per heavy atom. The predicted octanol–water partition coefficient (Wildman–Crippen LogP) is -2.60. The third-order valence-corrected chi connectivity index (χ3v) is 1.87. The summed E-state index contributed by atoms with van der Waals surface area (Å²) in [6.45, 7) is -0.526. The highest BCUT2D eigenvalue weighted by Crippen LogP contribution is 2.18. The molecule has 0 radical (unpaired) electrons. The summed E-state index contributed by atoms with van der Waals surface area (Å²) in [6, 6.07) is 0. The number of aliphatic hydroxyl groups is 5. The van der Waals surface area contributed by atoms with E-state index in [0.717, 1.165) is 0 Å². The molecule has 7 heteroatoms. The van der Waals surface area contributed by atoms with E-state index < -0.39 is 37.3 Å². The molecule has 5 unspecified atom stereocenters. The SMILES string of the molecule is I.OCC1OC(O)C(O)C(O)C1O. The Morgan fingerprint density at radius 1 is 0.923 bits per heavy atom. The highest BCUT2D eigenvalue weighted by atomic mass is 127. The van der Waals surface area contributed by atoms with Gasteiger partial charge in [-0.3, -0.25) is 0 Å². The molecular weight excluding hydrogens is 295 g/mol. The summed E-state index contributed by atoms with van der Waals surface area (Å²) in [5.41, 5.74) is 0. The molecule has 1 saturated heterocycles. The fourth-order valence-electron chi connectivity index (χ4n) is 1.08. The lowest BCUT2D eigenvalue weighted by Gasteiger charge is -2.37. The standard InChI is InChI=1S/C6H12O6.HI/c7-1-2-3(8)4(9)5(10)6(11)12-2;/h2-11H,1H2;1H. The molecule has 0 aromatic rings. The van der Waals surface area contributed by atoms with Gasteiger partial charge in [0.05, 0.1) is 6.61 Å². The smallest absolute Gasteiger partial charge is 0.184 e. The molecule has 1 heterocycles. The minimum atomic E-state index is -1.57. The molecule has 0 aliphatic carbocycles. The van der Waals surface area contributed by atoms with Crippen LogP contribution in [0.2, 0.25) is 0 Å². The molecule has 5 N–H and O–H groups in total. The molecule has 0 spiro atoms. The van der Waals surface area contributed by atoms with E-state index >= 15 is 0 Å². The van der Waals surface area contributed by atoms with Crippen LogP contribution < -0.4 is 0 Å². The number of hydrogen-bond acceptors (Lipinski definition) is 6. The maximum Gasteiger partial charge on any atom is 0.184 e. The van der Waals surface area contributed by atoms with E-state index in [1.807, 2.05) is 0 Å². The van der Waals surface area contributed by atoms with Gasteiger partial charge < -0.3 is 30.3 Å². The zero-order valence-corrected chi connectivity index (χ0v) is 8.98. The lowest BCUT2D eigenvalue weighted by atomic mass is 10.00. The van der Waals surface area contributed by atoms with Crippen molar-refractivity contribution in [2.45, 2.75) is 30.7 Å². The molecule has 5 atom stereocenters. The average Bonchev–Trinajstić information content (AvgIpc) is 2.08. The monoisotopic (exact) mass is 308 g/mol. The molecule has 0 aromatic carbocycles. The molecule has 80 valence electrons. The van der Waals surface area contributed by atoms with Gasteiger partial charge in [-0.25, -0.2) is 0 Å². The van der Waals surface area contributed by atoms with Crippen molar-refractivity contribution < 1.29 is 30.3 Å². The van der Waals surface area contributed by atoms with Gasteiger partial charge in [0.15, 0.2) is 6.29 Å². The summed E-state index contributed by atoms with van der Waals surface area (Å²) in [7, 11) is 0. The molecule has 1 aliphatic heterocycles. The van der Waals surface area contributed by atoms with Gasteiger partial charge in [0.2, 0.25) is 0 Å². The third kappa shape index (κ3) is 2.72. The second-order valence-electron chi connectivity index (χ2n) is 2.72. The van der Waals surface area contributed by atoms with Gasteiger partial charge >= 0.3 is 0 Å². The Balaban J connectivity index is 0.00000144. The van der Waals surface area contributed by atoms with Crippen LogP contribution in [0.3, 0.4) is 0 Å². The summed E-state index contributed by atoms with van der Waals surface area (Å²) < 4.78 is 4.58. The Hall–Kier alpha value is 0.490. The Labute approximate surface area is 91.8 Å². The van der Waals surface area contributed by atoms with E-state index in [0.29, 0.717) is 0 Å². The minimum Gasteiger partial charge on any atom is -0.394 e. The topological polar surface area (TPSA) is 110 Å². The molecule has 13 heavy (non-hydrogen) atoms. The Morgan fingerprint density at radius 2 is 1.46 bits per heavy atom. The Kier molecular flexibility index (Phi) is 5.59. The zero-order valence-electron chi connectivity index (χ0n) is 6.65. The van der Waals surface area contributed by atoms with Crippen LogP contribution in [0.4, 0.5) is 0 Å². The highest BCUT2D eigenvalue weighted by molar-refractivity contribution is 14.0. The van der Waals surface area contributed by atoms with Gasteiger partial charge in [0.25, 0.3) is 0 Å². The number of halogens is 1. The molecular formula is C6H13IO6. The van der Waals surface area contributed by atoms with E-state index in [1.54, 1.807) is 0 Å². The number of aliphatic hydroxyl groups excluding tert-OH is 5. The maximum atomic E-state index is 9.12. The molecule has 6 nitrogen and oxygen atoms in total. The largest absolute Gasteiger partial charge is 0.394 e. The molecule has 0 amide bonds. The fourth-order valence-corrected chi connectivity index (χ4v) is 1.08. The van der Waals surface area contributed by atoms with Crippen molar-refractivity contribution in [2.75, 3.05) is 6.61 Å². The summed E-state index contributed by atoms with van der Waals surface area (Å²) in [4.78, 5) is 0. The Bertz CT molecular complexity index is 151. The van der Waals surface area contributed by atoms with E-state index in [9.17, 15) is 0 Å². The second-order valence-corrected chi connectivity index (χ2v) is 2.72. The van der Waals surface area contributed by atoms with Gasteiger partial charge in [-0.05, 0) is 0 Å². The second kappa shape index (κ2) is 5.39. The van der Waals surface area contributed by atoms with Crippen molar-refractivity contribution in [1.29, 1.82) is 0 Å². The highest BCUT2D eigenvalue weighted by Gasteiger charge is 2.42. The van der Waals surface area contributed by atoms with Crippen molar-refractivity contribution in [1.82, 2.24) is 0 Å². The summed E-state index contributed by atoms with van der Waals surface area (Å²) in [6.07, 6.45) is -7.04. The van der Waals surface area contributed by atoms with E-state index in [1.165, 1.54) is 0 Å². The van der Waals surface area contributed by atoms with Gasteiger partial charge in [-0.2, -0.15) is 0 Å². The van der Waals surface area contributed by atoms with E-state index in [-0.39, 0.29) is 24.0 Å². The zero-order chi connectivity index (χ0) is 9.30. The first-order chi connectivity index (χ1) is 5.57. The van der Waals surface area contributed by atoms with E-state index in [2.05, 4.69) is 4.74 Å². The van der Waals surface area contributed by atoms with E-state index in [4.69, 9.17) is 25.5 Å². The van der Waals surface area contributed by atoms with Crippen molar-refractivity contribution in [3.63, 3.8) is 0 Å². The van der Waals surface area contributed by atoms with Crippen LogP contribution in [-0.2, 0) is 4.74 Å². The molecule has 0 aromatic heterocycles. The van der Waals surface area contributed by atoms with Crippen LogP contribution in [0.15, 0.2) is 0 Å². The van der Waals surface area contributed by atoms with Crippen molar-refractivity contribution in [2.24, 2.45) is 0 Å². The fraction of sp³-hybridized carbons (Fsp3) is 1.00. The molecule has 1 rings (SSSR count). The van der Waals surface area contributed by atoms with Gasteiger partial charge in [0, 0.05) is 0 Å². The lowest BCUT2D eigenvalue weighted by molar-refractivity contribution is -0.286. The molecule has 0 bridgehead atoms. The third-order valence-electron chi connectivity index (χ3n) is 1.87. The first-order valence-electron chi connectivity index (χ1n) is 3.56. The number of hydrogen-bond donors (Lipinski definition) is 5. The molecule has 1 aliphatic rings. The van der Waals surface area contributed by atoms with Crippen LogP contribution in [0.25, 0.3) is 0 Å². The first-order valence-corrected chi connectivity index (χ1v) is 3.56. The van der Waals surface area contributed by atoms with Crippen LogP contribution in [0, 0.1) is 0 Å². The quantitative estimate of drug-likeness (QED) is 0.340.